The summed E-state index contributed by atoms with van der Waals surface area (Å²) < 4.78 is 0. The zero-order valence-corrected chi connectivity index (χ0v) is 16.4. The minimum atomic E-state index is -0.0865. The summed E-state index contributed by atoms with van der Waals surface area (Å²) in [5.41, 5.74) is 1.16. The van der Waals surface area contributed by atoms with Crippen molar-refractivity contribution in [2.24, 2.45) is 0 Å². The molecule has 3 heterocycles. The lowest BCUT2D eigenvalue weighted by Crippen LogP contribution is -2.58. The lowest BCUT2D eigenvalue weighted by atomic mass is 10.0. The van der Waals surface area contributed by atoms with Gasteiger partial charge in [0.15, 0.2) is 0 Å². The van der Waals surface area contributed by atoms with Gasteiger partial charge in [0.25, 0.3) is 0 Å². The number of hydrogen-bond acceptors (Lipinski definition) is 6. The smallest absolute Gasteiger partial charge is 0.239 e. The molecule has 1 aromatic heterocycles. The lowest BCUT2D eigenvalue weighted by molar-refractivity contribution is -0.140. The average Bonchev–Trinajstić information content (AvgIpc) is 2.75. The number of benzene rings is 1. The van der Waals surface area contributed by atoms with E-state index in [4.69, 9.17) is 0 Å². The second-order valence-corrected chi connectivity index (χ2v) is 7.54. The zero-order chi connectivity index (χ0) is 20.1. The van der Waals surface area contributed by atoms with Gasteiger partial charge in [-0.1, -0.05) is 30.3 Å². The molecule has 152 valence electrons. The number of anilines is 1. The van der Waals surface area contributed by atoms with Crippen LogP contribution in [-0.4, -0.2) is 83.4 Å². The summed E-state index contributed by atoms with van der Waals surface area (Å²) in [6.45, 7) is 4.16. The van der Waals surface area contributed by atoms with Crippen molar-refractivity contribution in [1.29, 1.82) is 0 Å². The molecular weight excluding hydrogens is 368 g/mol. The Kier molecular flexibility index (Phi) is 6.00. The Morgan fingerprint density at radius 3 is 2.48 bits per heavy atom. The van der Waals surface area contributed by atoms with Gasteiger partial charge in [0, 0.05) is 45.1 Å². The molecule has 29 heavy (non-hydrogen) atoms. The molecule has 2 aliphatic rings. The molecule has 4 rings (SSSR count). The highest BCUT2D eigenvalue weighted by Crippen LogP contribution is 2.12. The van der Waals surface area contributed by atoms with Gasteiger partial charge in [0.2, 0.25) is 17.8 Å². The molecular formula is C21H26N6O2. The second kappa shape index (κ2) is 9.00. The van der Waals surface area contributed by atoms with Crippen molar-refractivity contribution in [2.45, 2.75) is 12.5 Å². The molecule has 2 aromatic rings. The van der Waals surface area contributed by atoms with E-state index in [1.807, 2.05) is 30.3 Å². The first-order chi connectivity index (χ1) is 14.2. The molecule has 0 aliphatic carbocycles. The number of hydrogen-bond donors (Lipinski definition) is 1. The molecule has 0 radical (unpaired) electrons. The molecule has 8 heteroatoms. The predicted molar refractivity (Wildman–Crippen MR) is 109 cm³/mol. The molecule has 2 aliphatic heterocycles. The molecule has 2 saturated heterocycles. The van der Waals surface area contributed by atoms with E-state index in [1.165, 1.54) is 0 Å². The van der Waals surface area contributed by atoms with Crippen LogP contribution in [0, 0.1) is 0 Å². The summed E-state index contributed by atoms with van der Waals surface area (Å²) in [5, 5.41) is 3.01. The van der Waals surface area contributed by atoms with Crippen LogP contribution in [0.2, 0.25) is 0 Å². The van der Waals surface area contributed by atoms with E-state index in [-0.39, 0.29) is 24.4 Å². The summed E-state index contributed by atoms with van der Waals surface area (Å²) >= 11 is 0. The summed E-state index contributed by atoms with van der Waals surface area (Å²) in [6.07, 6.45) is 4.21. The SMILES string of the molecule is O=C1CN(C(=O)CN2CCN(c3ncccn3)CC2)CC(Cc2ccccc2)N1. The van der Waals surface area contributed by atoms with Gasteiger partial charge >= 0.3 is 0 Å². The van der Waals surface area contributed by atoms with Crippen molar-refractivity contribution >= 4 is 17.8 Å². The highest BCUT2D eigenvalue weighted by molar-refractivity contribution is 5.87. The van der Waals surface area contributed by atoms with Crippen LogP contribution in [0.15, 0.2) is 48.8 Å². The standard InChI is InChI=1S/C21H26N6O2/c28-19-15-27(14-18(24-19)13-17-5-2-1-3-6-17)20(29)16-25-9-11-26(12-10-25)21-22-7-4-8-23-21/h1-8,18H,9-16H2,(H,24,28). The van der Waals surface area contributed by atoms with Crippen LogP contribution in [-0.2, 0) is 16.0 Å². The fourth-order valence-electron chi connectivity index (χ4n) is 3.88. The van der Waals surface area contributed by atoms with Gasteiger partial charge in [0.1, 0.15) is 0 Å². The first kappa shape index (κ1) is 19.3. The van der Waals surface area contributed by atoms with Crippen LogP contribution < -0.4 is 10.2 Å². The van der Waals surface area contributed by atoms with E-state index in [0.29, 0.717) is 13.1 Å². The summed E-state index contributed by atoms with van der Waals surface area (Å²) in [6, 6.07) is 11.8. The van der Waals surface area contributed by atoms with Gasteiger partial charge in [0.05, 0.1) is 19.1 Å². The predicted octanol–water partition coefficient (Wildman–Crippen LogP) is 0.168. The number of piperazine rings is 2. The highest BCUT2D eigenvalue weighted by atomic mass is 16.2. The molecule has 1 N–H and O–H groups in total. The molecule has 2 fully saturated rings. The van der Waals surface area contributed by atoms with E-state index in [2.05, 4.69) is 25.1 Å². The number of nitrogens with zero attached hydrogens (tertiary/aromatic N) is 5. The normalized spacial score (nSPS) is 20.4. The fourth-order valence-corrected chi connectivity index (χ4v) is 3.88. The maximum atomic E-state index is 12.8. The first-order valence-corrected chi connectivity index (χ1v) is 10.0. The van der Waals surface area contributed by atoms with E-state index in [1.54, 1.807) is 23.4 Å². The molecule has 0 spiro atoms. The number of carbonyl (C=O) groups is 2. The van der Waals surface area contributed by atoms with E-state index in [9.17, 15) is 9.59 Å². The third-order valence-corrected chi connectivity index (χ3v) is 5.38. The van der Waals surface area contributed by atoms with Crippen molar-refractivity contribution in [1.82, 2.24) is 25.1 Å². The third-order valence-electron chi connectivity index (χ3n) is 5.38. The molecule has 0 bridgehead atoms. The number of aromatic nitrogens is 2. The minimum Gasteiger partial charge on any atom is -0.350 e. The van der Waals surface area contributed by atoms with Crippen molar-refractivity contribution in [2.75, 3.05) is 50.7 Å². The molecule has 1 unspecified atom stereocenters. The molecule has 1 aromatic carbocycles. The summed E-state index contributed by atoms with van der Waals surface area (Å²) in [4.78, 5) is 39.5. The Bertz CT molecular complexity index is 824. The maximum Gasteiger partial charge on any atom is 0.239 e. The summed E-state index contributed by atoms with van der Waals surface area (Å²) in [7, 11) is 0. The minimum absolute atomic E-state index is 0.0160. The highest BCUT2D eigenvalue weighted by Gasteiger charge is 2.29. The van der Waals surface area contributed by atoms with Gasteiger partial charge in [-0.2, -0.15) is 0 Å². The molecule has 0 saturated carbocycles. The van der Waals surface area contributed by atoms with Crippen LogP contribution >= 0.6 is 0 Å². The third kappa shape index (κ3) is 5.08. The molecule has 2 amide bonds. The van der Waals surface area contributed by atoms with Crippen LogP contribution in [0.3, 0.4) is 0 Å². The van der Waals surface area contributed by atoms with Crippen LogP contribution in [0.5, 0.6) is 0 Å². The molecule has 8 nitrogen and oxygen atoms in total. The van der Waals surface area contributed by atoms with Crippen LogP contribution in [0.1, 0.15) is 5.56 Å². The first-order valence-electron chi connectivity index (χ1n) is 10.0. The number of nitrogens with one attached hydrogen (secondary N) is 1. The number of rotatable bonds is 5. The average molecular weight is 394 g/mol. The Morgan fingerprint density at radius 1 is 1.03 bits per heavy atom. The monoisotopic (exact) mass is 394 g/mol. The van der Waals surface area contributed by atoms with Gasteiger partial charge in [-0.05, 0) is 18.1 Å². The fraction of sp³-hybridized carbons (Fsp3) is 0.429. The number of amides is 2. The lowest BCUT2D eigenvalue weighted by Gasteiger charge is -2.37. The van der Waals surface area contributed by atoms with E-state index < -0.39 is 0 Å². The Balaban J connectivity index is 1.28. The van der Waals surface area contributed by atoms with Crippen LogP contribution in [0.25, 0.3) is 0 Å². The topological polar surface area (TPSA) is 81.7 Å². The van der Waals surface area contributed by atoms with Gasteiger partial charge in [-0.25, -0.2) is 9.97 Å². The molecule has 1 atom stereocenters. The zero-order valence-electron chi connectivity index (χ0n) is 16.4. The second-order valence-electron chi connectivity index (χ2n) is 7.54. The van der Waals surface area contributed by atoms with Crippen molar-refractivity contribution in [3.05, 3.63) is 54.4 Å². The Morgan fingerprint density at radius 2 is 1.76 bits per heavy atom. The largest absolute Gasteiger partial charge is 0.350 e. The van der Waals surface area contributed by atoms with Gasteiger partial charge in [-0.15, -0.1) is 0 Å². The Hall–Kier alpha value is -3.00. The maximum absolute atomic E-state index is 12.8. The van der Waals surface area contributed by atoms with Crippen molar-refractivity contribution in [3.8, 4) is 0 Å². The van der Waals surface area contributed by atoms with E-state index >= 15 is 0 Å². The number of carbonyl (C=O) groups excluding carboxylic acids is 2. The van der Waals surface area contributed by atoms with Gasteiger partial charge in [-0.3, -0.25) is 14.5 Å². The quantitative estimate of drug-likeness (QED) is 0.779. The van der Waals surface area contributed by atoms with Crippen molar-refractivity contribution in [3.63, 3.8) is 0 Å². The van der Waals surface area contributed by atoms with Gasteiger partial charge < -0.3 is 15.1 Å². The summed E-state index contributed by atoms with van der Waals surface area (Å²) in [5.74, 6) is 0.661. The Labute approximate surface area is 170 Å². The van der Waals surface area contributed by atoms with E-state index in [0.717, 1.165) is 44.1 Å². The van der Waals surface area contributed by atoms with Crippen molar-refractivity contribution < 1.29 is 9.59 Å². The van der Waals surface area contributed by atoms with Crippen LogP contribution in [0.4, 0.5) is 5.95 Å².